The highest BCUT2D eigenvalue weighted by Gasteiger charge is 2.11. The van der Waals surface area contributed by atoms with Gasteiger partial charge in [-0.05, 0) is 24.6 Å². The Labute approximate surface area is 136 Å². The van der Waals surface area contributed by atoms with Crippen LogP contribution in [0.25, 0.3) is 0 Å². The SMILES string of the molecule is CNc1nnc(SCC(=O)NC(C)c2cccc(Cl)c2)s1. The van der Waals surface area contributed by atoms with Crippen LogP contribution in [0.2, 0.25) is 5.02 Å². The smallest absolute Gasteiger partial charge is 0.230 e. The maximum absolute atomic E-state index is 11.9. The van der Waals surface area contributed by atoms with Crippen LogP contribution in [0.5, 0.6) is 0 Å². The number of benzene rings is 1. The molecular weight excluding hydrogens is 328 g/mol. The number of anilines is 1. The first kappa shape index (κ1) is 16.1. The fourth-order valence-corrected chi connectivity index (χ4v) is 3.35. The number of halogens is 1. The molecule has 0 radical (unpaired) electrons. The average molecular weight is 343 g/mol. The largest absolute Gasteiger partial charge is 0.363 e. The Balaban J connectivity index is 1.84. The van der Waals surface area contributed by atoms with Gasteiger partial charge in [0.15, 0.2) is 4.34 Å². The van der Waals surface area contributed by atoms with Gasteiger partial charge in [0.1, 0.15) is 0 Å². The van der Waals surface area contributed by atoms with Gasteiger partial charge in [-0.1, -0.05) is 46.8 Å². The van der Waals surface area contributed by atoms with E-state index in [4.69, 9.17) is 11.6 Å². The molecular formula is C13H15ClN4OS2. The zero-order valence-electron chi connectivity index (χ0n) is 11.6. The van der Waals surface area contributed by atoms with E-state index < -0.39 is 0 Å². The lowest BCUT2D eigenvalue weighted by Crippen LogP contribution is -2.28. The van der Waals surface area contributed by atoms with Gasteiger partial charge in [-0.2, -0.15) is 0 Å². The van der Waals surface area contributed by atoms with Crippen molar-refractivity contribution in [2.45, 2.75) is 17.3 Å². The number of amides is 1. The molecule has 5 nitrogen and oxygen atoms in total. The highest BCUT2D eigenvalue weighted by atomic mass is 35.5. The third kappa shape index (κ3) is 4.87. The van der Waals surface area contributed by atoms with E-state index >= 15 is 0 Å². The van der Waals surface area contributed by atoms with Crippen LogP contribution in [0.1, 0.15) is 18.5 Å². The highest BCUT2D eigenvalue weighted by molar-refractivity contribution is 8.01. The van der Waals surface area contributed by atoms with E-state index in [-0.39, 0.29) is 11.9 Å². The molecule has 0 fully saturated rings. The molecule has 0 spiro atoms. The van der Waals surface area contributed by atoms with Crippen molar-refractivity contribution in [2.24, 2.45) is 0 Å². The van der Waals surface area contributed by atoms with Crippen LogP contribution in [-0.4, -0.2) is 28.9 Å². The van der Waals surface area contributed by atoms with E-state index in [9.17, 15) is 4.79 Å². The summed E-state index contributed by atoms with van der Waals surface area (Å²) >= 11 is 8.74. The number of nitrogens with zero attached hydrogens (tertiary/aromatic N) is 2. The average Bonchev–Trinajstić information content (AvgIpc) is 2.93. The molecule has 2 N–H and O–H groups in total. The Morgan fingerprint density at radius 3 is 2.95 bits per heavy atom. The summed E-state index contributed by atoms with van der Waals surface area (Å²) in [6, 6.07) is 7.39. The second-order valence-electron chi connectivity index (χ2n) is 4.26. The Hall–Kier alpha value is -1.31. The second-order valence-corrected chi connectivity index (χ2v) is 6.89. The number of thioether (sulfide) groups is 1. The fraction of sp³-hybridized carbons (Fsp3) is 0.308. The van der Waals surface area contributed by atoms with Gasteiger partial charge >= 0.3 is 0 Å². The monoisotopic (exact) mass is 342 g/mol. The molecule has 0 aliphatic carbocycles. The predicted octanol–water partition coefficient (Wildman–Crippen LogP) is 3.20. The van der Waals surface area contributed by atoms with E-state index in [1.54, 1.807) is 7.05 Å². The summed E-state index contributed by atoms with van der Waals surface area (Å²) in [6.07, 6.45) is 0. The summed E-state index contributed by atoms with van der Waals surface area (Å²) in [7, 11) is 1.79. The van der Waals surface area contributed by atoms with Crippen LogP contribution in [0.3, 0.4) is 0 Å². The van der Waals surface area contributed by atoms with Crippen molar-refractivity contribution in [1.82, 2.24) is 15.5 Å². The second kappa shape index (κ2) is 7.63. The van der Waals surface area contributed by atoms with Crippen molar-refractivity contribution in [2.75, 3.05) is 18.1 Å². The molecule has 0 aliphatic rings. The minimum atomic E-state index is -0.0842. The van der Waals surface area contributed by atoms with E-state index in [1.165, 1.54) is 23.1 Å². The van der Waals surface area contributed by atoms with Gasteiger partial charge in [0.05, 0.1) is 11.8 Å². The minimum Gasteiger partial charge on any atom is -0.363 e. The van der Waals surface area contributed by atoms with Gasteiger partial charge in [0.2, 0.25) is 11.0 Å². The Bertz CT molecular complexity index is 620. The molecule has 1 atom stereocenters. The summed E-state index contributed by atoms with van der Waals surface area (Å²) in [5, 5.41) is 15.2. The van der Waals surface area contributed by atoms with Gasteiger partial charge in [-0.3, -0.25) is 4.79 Å². The number of carbonyl (C=O) groups is 1. The molecule has 1 amide bonds. The molecule has 0 saturated heterocycles. The van der Waals surface area contributed by atoms with Crippen LogP contribution in [0.15, 0.2) is 28.6 Å². The summed E-state index contributed by atoms with van der Waals surface area (Å²) in [4.78, 5) is 11.9. The van der Waals surface area contributed by atoms with E-state index in [0.717, 1.165) is 15.0 Å². The molecule has 1 heterocycles. The zero-order valence-corrected chi connectivity index (χ0v) is 14.0. The Morgan fingerprint density at radius 2 is 2.29 bits per heavy atom. The molecule has 0 bridgehead atoms. The van der Waals surface area contributed by atoms with Crippen molar-refractivity contribution >= 4 is 45.7 Å². The first-order valence-corrected chi connectivity index (χ1v) is 8.45. The van der Waals surface area contributed by atoms with Crippen molar-refractivity contribution < 1.29 is 4.79 Å². The summed E-state index contributed by atoms with van der Waals surface area (Å²) < 4.78 is 0.768. The lowest BCUT2D eigenvalue weighted by atomic mass is 10.1. The normalized spacial score (nSPS) is 12.0. The van der Waals surface area contributed by atoms with Crippen LogP contribution in [0, 0.1) is 0 Å². The number of carbonyl (C=O) groups excluding carboxylic acids is 1. The molecule has 1 aromatic heterocycles. The molecule has 2 aromatic rings. The zero-order chi connectivity index (χ0) is 15.2. The van der Waals surface area contributed by atoms with Gasteiger partial charge < -0.3 is 10.6 Å². The summed E-state index contributed by atoms with van der Waals surface area (Å²) in [5.74, 6) is 0.261. The van der Waals surface area contributed by atoms with E-state index in [0.29, 0.717) is 10.8 Å². The third-order valence-corrected chi connectivity index (χ3v) is 4.98. The predicted molar refractivity (Wildman–Crippen MR) is 88.2 cm³/mol. The van der Waals surface area contributed by atoms with Crippen LogP contribution < -0.4 is 10.6 Å². The van der Waals surface area contributed by atoms with Crippen molar-refractivity contribution in [3.63, 3.8) is 0 Å². The van der Waals surface area contributed by atoms with Crippen molar-refractivity contribution in [3.8, 4) is 0 Å². The first-order chi connectivity index (χ1) is 10.1. The first-order valence-electron chi connectivity index (χ1n) is 6.27. The summed E-state index contributed by atoms with van der Waals surface area (Å²) in [5.41, 5.74) is 0.981. The fourth-order valence-electron chi connectivity index (χ4n) is 1.64. The van der Waals surface area contributed by atoms with Crippen LogP contribution in [-0.2, 0) is 4.79 Å². The molecule has 8 heteroatoms. The standard InChI is InChI=1S/C13H15ClN4OS2/c1-8(9-4-3-5-10(14)6-9)16-11(19)7-20-13-18-17-12(15-2)21-13/h3-6,8H,7H2,1-2H3,(H,15,17)(H,16,19). The lowest BCUT2D eigenvalue weighted by molar-refractivity contribution is -0.119. The molecule has 0 aliphatic heterocycles. The number of rotatable bonds is 6. The topological polar surface area (TPSA) is 66.9 Å². The van der Waals surface area contributed by atoms with Crippen molar-refractivity contribution in [1.29, 1.82) is 0 Å². The lowest BCUT2D eigenvalue weighted by Gasteiger charge is -2.14. The number of hydrogen-bond donors (Lipinski definition) is 2. The van der Waals surface area contributed by atoms with Gasteiger partial charge in [0.25, 0.3) is 0 Å². The maximum Gasteiger partial charge on any atom is 0.230 e. The number of aromatic nitrogens is 2. The Kier molecular flexibility index (Phi) is 5.84. The van der Waals surface area contributed by atoms with Gasteiger partial charge in [-0.25, -0.2) is 0 Å². The molecule has 112 valence electrons. The van der Waals surface area contributed by atoms with Gasteiger partial charge in [0, 0.05) is 12.1 Å². The maximum atomic E-state index is 11.9. The molecule has 1 aromatic carbocycles. The molecule has 2 rings (SSSR count). The number of nitrogens with one attached hydrogen (secondary N) is 2. The van der Waals surface area contributed by atoms with Gasteiger partial charge in [-0.15, -0.1) is 10.2 Å². The van der Waals surface area contributed by atoms with E-state index in [1.807, 2.05) is 31.2 Å². The van der Waals surface area contributed by atoms with Crippen molar-refractivity contribution in [3.05, 3.63) is 34.9 Å². The van der Waals surface area contributed by atoms with Crippen LogP contribution >= 0.6 is 34.7 Å². The van der Waals surface area contributed by atoms with Crippen LogP contribution in [0.4, 0.5) is 5.13 Å². The Morgan fingerprint density at radius 1 is 1.48 bits per heavy atom. The molecule has 0 saturated carbocycles. The minimum absolute atomic E-state index is 0.0475. The molecule has 1 unspecified atom stereocenters. The summed E-state index contributed by atoms with van der Waals surface area (Å²) in [6.45, 7) is 1.93. The van der Waals surface area contributed by atoms with E-state index in [2.05, 4.69) is 20.8 Å². The highest BCUT2D eigenvalue weighted by Crippen LogP contribution is 2.25. The number of hydrogen-bond acceptors (Lipinski definition) is 6. The molecule has 21 heavy (non-hydrogen) atoms. The third-order valence-electron chi connectivity index (χ3n) is 2.67. The quantitative estimate of drug-likeness (QED) is 0.789.